The maximum absolute atomic E-state index is 12.3. The van der Waals surface area contributed by atoms with E-state index < -0.39 is 11.9 Å². The molecule has 7 nitrogen and oxygen atoms in total. The van der Waals surface area contributed by atoms with E-state index in [0.717, 1.165) is 4.88 Å². The number of thiophene rings is 1. The fourth-order valence-electron chi connectivity index (χ4n) is 2.67. The molecule has 132 valence electrons. The lowest BCUT2D eigenvalue weighted by molar-refractivity contribution is -0.141. The van der Waals surface area contributed by atoms with Crippen LogP contribution in [0.4, 0.5) is 0 Å². The zero-order valence-corrected chi connectivity index (χ0v) is 14.6. The average molecular weight is 353 g/mol. The number of carboxylic acids is 1. The largest absolute Gasteiger partial charge is 0.481 e. The molecular weight excluding hydrogens is 330 g/mol. The fourth-order valence-corrected chi connectivity index (χ4v) is 3.32. The zero-order chi connectivity index (χ0) is 17.5. The Balaban J connectivity index is 1.76. The van der Waals surface area contributed by atoms with Gasteiger partial charge in [0.2, 0.25) is 11.8 Å². The number of carbonyl (C=O) groups is 3. The van der Waals surface area contributed by atoms with Crippen molar-refractivity contribution in [2.75, 3.05) is 32.7 Å². The van der Waals surface area contributed by atoms with Crippen molar-refractivity contribution in [1.29, 1.82) is 0 Å². The average Bonchev–Trinajstić information content (AvgIpc) is 3.21. The van der Waals surface area contributed by atoms with Gasteiger partial charge in [-0.2, -0.15) is 0 Å². The fraction of sp³-hybridized carbons (Fsp3) is 0.562. The number of hydrogen-bond acceptors (Lipinski definition) is 5. The lowest BCUT2D eigenvalue weighted by atomic mass is 10.1. The number of rotatable bonds is 8. The first-order valence-corrected chi connectivity index (χ1v) is 8.89. The van der Waals surface area contributed by atoms with Gasteiger partial charge in [-0.25, -0.2) is 0 Å². The Morgan fingerprint density at radius 3 is 2.83 bits per heavy atom. The molecule has 1 aromatic rings. The van der Waals surface area contributed by atoms with Gasteiger partial charge in [0.1, 0.15) is 0 Å². The Morgan fingerprint density at radius 1 is 1.46 bits per heavy atom. The van der Waals surface area contributed by atoms with Crippen LogP contribution < -0.4 is 5.32 Å². The second-order valence-corrected chi connectivity index (χ2v) is 6.86. The minimum Gasteiger partial charge on any atom is -0.481 e. The molecule has 1 aliphatic heterocycles. The van der Waals surface area contributed by atoms with E-state index in [1.54, 1.807) is 11.3 Å². The molecule has 0 radical (unpaired) electrons. The topological polar surface area (TPSA) is 90.0 Å². The molecule has 0 spiro atoms. The molecular formula is C16H23N3O4S. The molecule has 1 aliphatic rings. The third kappa shape index (κ3) is 5.31. The molecule has 0 bridgehead atoms. The van der Waals surface area contributed by atoms with Gasteiger partial charge in [-0.1, -0.05) is 6.07 Å². The summed E-state index contributed by atoms with van der Waals surface area (Å²) < 4.78 is 0. The van der Waals surface area contributed by atoms with Gasteiger partial charge in [-0.05, 0) is 31.3 Å². The molecule has 24 heavy (non-hydrogen) atoms. The van der Waals surface area contributed by atoms with Gasteiger partial charge < -0.3 is 15.3 Å². The Labute approximate surface area is 145 Å². The van der Waals surface area contributed by atoms with Gasteiger partial charge in [-0.15, -0.1) is 11.3 Å². The van der Waals surface area contributed by atoms with Crippen LogP contribution in [0.3, 0.4) is 0 Å². The molecule has 2 heterocycles. The molecule has 0 aromatic carbocycles. The SMILES string of the molecule is CCN(CC(=O)NCc1cccs1)C(=O)CN1CCC(C(=O)O)C1. The van der Waals surface area contributed by atoms with Gasteiger partial charge in [0, 0.05) is 18.0 Å². The summed E-state index contributed by atoms with van der Waals surface area (Å²) in [6.07, 6.45) is 0.566. The van der Waals surface area contributed by atoms with Crippen LogP contribution in [-0.2, 0) is 20.9 Å². The van der Waals surface area contributed by atoms with E-state index in [9.17, 15) is 14.4 Å². The Hall–Kier alpha value is -1.93. The number of likely N-dealkylation sites (tertiary alicyclic amines) is 1. The van der Waals surface area contributed by atoms with Crippen LogP contribution in [0.5, 0.6) is 0 Å². The van der Waals surface area contributed by atoms with Crippen molar-refractivity contribution in [3.63, 3.8) is 0 Å². The van der Waals surface area contributed by atoms with E-state index in [2.05, 4.69) is 5.32 Å². The highest BCUT2D eigenvalue weighted by Crippen LogP contribution is 2.16. The van der Waals surface area contributed by atoms with Gasteiger partial charge >= 0.3 is 5.97 Å². The Morgan fingerprint density at radius 2 is 2.25 bits per heavy atom. The van der Waals surface area contributed by atoms with E-state index in [0.29, 0.717) is 32.6 Å². The molecule has 2 N–H and O–H groups in total. The summed E-state index contributed by atoms with van der Waals surface area (Å²) in [5.41, 5.74) is 0. The van der Waals surface area contributed by atoms with Crippen molar-refractivity contribution >= 4 is 29.1 Å². The first-order chi connectivity index (χ1) is 11.5. The third-order valence-electron chi connectivity index (χ3n) is 4.09. The number of carboxylic acid groups (broad SMARTS) is 1. The number of likely N-dealkylation sites (N-methyl/N-ethyl adjacent to an activating group) is 1. The van der Waals surface area contributed by atoms with Crippen molar-refractivity contribution in [2.24, 2.45) is 5.92 Å². The van der Waals surface area contributed by atoms with Crippen molar-refractivity contribution in [2.45, 2.75) is 19.9 Å². The quantitative estimate of drug-likeness (QED) is 0.715. The lowest BCUT2D eigenvalue weighted by Crippen LogP contribution is -2.44. The molecule has 1 atom stereocenters. The Bertz CT molecular complexity index is 576. The van der Waals surface area contributed by atoms with Gasteiger partial charge in [0.15, 0.2) is 0 Å². The highest BCUT2D eigenvalue weighted by molar-refractivity contribution is 7.09. The zero-order valence-electron chi connectivity index (χ0n) is 13.7. The van der Waals surface area contributed by atoms with E-state index in [4.69, 9.17) is 5.11 Å². The minimum atomic E-state index is -0.815. The predicted octanol–water partition coefficient (Wildman–Crippen LogP) is 0.619. The third-order valence-corrected chi connectivity index (χ3v) is 4.97. The van der Waals surface area contributed by atoms with E-state index in [1.165, 1.54) is 4.90 Å². The molecule has 1 saturated heterocycles. The molecule has 2 amide bonds. The monoisotopic (exact) mass is 353 g/mol. The number of carbonyl (C=O) groups excluding carboxylic acids is 2. The number of nitrogens with zero attached hydrogens (tertiary/aromatic N) is 2. The maximum Gasteiger partial charge on any atom is 0.307 e. The summed E-state index contributed by atoms with van der Waals surface area (Å²) in [6.45, 7) is 3.92. The van der Waals surface area contributed by atoms with Gasteiger partial charge in [0.25, 0.3) is 0 Å². The van der Waals surface area contributed by atoms with Crippen molar-refractivity contribution in [3.05, 3.63) is 22.4 Å². The number of hydrogen-bond donors (Lipinski definition) is 2. The van der Waals surface area contributed by atoms with Crippen LogP contribution in [0.15, 0.2) is 17.5 Å². The molecule has 1 unspecified atom stereocenters. The smallest absolute Gasteiger partial charge is 0.307 e. The Kier molecular flexibility index (Phi) is 6.74. The number of aliphatic carboxylic acids is 1. The molecule has 8 heteroatoms. The van der Waals surface area contributed by atoms with E-state index in [-0.39, 0.29) is 24.9 Å². The van der Waals surface area contributed by atoms with Crippen molar-refractivity contribution < 1.29 is 19.5 Å². The molecule has 1 fully saturated rings. The molecule has 0 aliphatic carbocycles. The van der Waals surface area contributed by atoms with E-state index in [1.807, 2.05) is 29.3 Å². The predicted molar refractivity (Wildman–Crippen MR) is 90.6 cm³/mol. The van der Waals surface area contributed by atoms with Crippen LogP contribution >= 0.6 is 11.3 Å². The number of nitrogens with one attached hydrogen (secondary N) is 1. The molecule has 1 aromatic heterocycles. The van der Waals surface area contributed by atoms with Crippen LogP contribution in [0.25, 0.3) is 0 Å². The van der Waals surface area contributed by atoms with Crippen molar-refractivity contribution in [3.8, 4) is 0 Å². The summed E-state index contributed by atoms with van der Waals surface area (Å²) in [7, 11) is 0. The summed E-state index contributed by atoms with van der Waals surface area (Å²) in [5.74, 6) is -1.55. The summed E-state index contributed by atoms with van der Waals surface area (Å²) in [5, 5.41) is 13.8. The van der Waals surface area contributed by atoms with Crippen LogP contribution in [0, 0.1) is 5.92 Å². The summed E-state index contributed by atoms with van der Waals surface area (Å²) in [4.78, 5) is 39.7. The van der Waals surface area contributed by atoms with E-state index >= 15 is 0 Å². The lowest BCUT2D eigenvalue weighted by Gasteiger charge is -2.23. The highest BCUT2D eigenvalue weighted by atomic mass is 32.1. The second-order valence-electron chi connectivity index (χ2n) is 5.82. The first kappa shape index (κ1) is 18.4. The highest BCUT2D eigenvalue weighted by Gasteiger charge is 2.30. The summed E-state index contributed by atoms with van der Waals surface area (Å²) >= 11 is 1.57. The van der Waals surface area contributed by atoms with Gasteiger partial charge in [0.05, 0.1) is 25.6 Å². The minimum absolute atomic E-state index is 0.0247. The van der Waals surface area contributed by atoms with Gasteiger partial charge in [-0.3, -0.25) is 19.3 Å². The molecule has 0 saturated carbocycles. The van der Waals surface area contributed by atoms with Crippen LogP contribution in [-0.4, -0.2) is 65.4 Å². The normalized spacial score (nSPS) is 17.6. The molecule has 2 rings (SSSR count). The standard InChI is InChI=1S/C16H23N3O4S/c1-2-19(10-14(20)17-8-13-4-3-7-24-13)15(21)11-18-6-5-12(9-18)16(22)23/h3-4,7,12H,2,5-6,8-11H2,1H3,(H,17,20)(H,22,23). The van der Waals surface area contributed by atoms with Crippen LogP contribution in [0.2, 0.25) is 0 Å². The first-order valence-electron chi connectivity index (χ1n) is 8.01. The van der Waals surface area contributed by atoms with Crippen LogP contribution in [0.1, 0.15) is 18.2 Å². The number of amides is 2. The van der Waals surface area contributed by atoms with Crippen molar-refractivity contribution in [1.82, 2.24) is 15.1 Å². The summed E-state index contributed by atoms with van der Waals surface area (Å²) in [6, 6.07) is 3.87. The maximum atomic E-state index is 12.3. The second kappa shape index (κ2) is 8.79.